The van der Waals surface area contributed by atoms with Gasteiger partial charge in [0.1, 0.15) is 0 Å². The van der Waals surface area contributed by atoms with Gasteiger partial charge < -0.3 is 15.3 Å². The molecule has 0 aliphatic rings. The van der Waals surface area contributed by atoms with Crippen LogP contribution in [0.3, 0.4) is 0 Å². The fraction of sp³-hybridized carbons (Fsp3) is 0.250. The van der Waals surface area contributed by atoms with Crippen molar-refractivity contribution in [3.05, 3.63) is 117 Å². The maximum absolute atomic E-state index is 11.4. The highest BCUT2D eigenvalue weighted by Gasteiger charge is 2.22. The zero-order chi connectivity index (χ0) is 32.6. The van der Waals surface area contributed by atoms with Gasteiger partial charge in [0.25, 0.3) is 0 Å². The molecule has 3 N–H and O–H groups in total. The van der Waals surface area contributed by atoms with Crippen LogP contribution in [0.1, 0.15) is 50.1 Å². The summed E-state index contributed by atoms with van der Waals surface area (Å²) < 4.78 is 0. The number of hydrogen-bond acceptors (Lipinski definition) is 5. The van der Waals surface area contributed by atoms with E-state index in [0.29, 0.717) is 11.1 Å². The summed E-state index contributed by atoms with van der Waals surface area (Å²) in [6, 6.07) is 21.9. The molecule has 4 rings (SSSR count). The molecule has 0 spiro atoms. The van der Waals surface area contributed by atoms with Gasteiger partial charge in [0.05, 0.1) is 19.3 Å². The van der Waals surface area contributed by atoms with Crippen LogP contribution in [-0.4, -0.2) is 33.2 Å². The first-order valence-electron chi connectivity index (χ1n) is 14.1. The quantitative estimate of drug-likeness (QED) is 0.160. The summed E-state index contributed by atoms with van der Waals surface area (Å²) in [5.74, 6) is -2.70. The molecule has 4 aromatic carbocycles. The number of rotatable bonds is 10. The fourth-order valence-electron chi connectivity index (χ4n) is 4.86. The molecule has 0 radical (unpaired) electrons. The number of carboxylic acid groups (broad SMARTS) is 3. The highest BCUT2D eigenvalue weighted by atomic mass is 32.2. The summed E-state index contributed by atoms with van der Waals surface area (Å²) in [4.78, 5) is 37.8. The lowest BCUT2D eigenvalue weighted by molar-refractivity contribution is -0.137. The van der Waals surface area contributed by atoms with Crippen molar-refractivity contribution in [3.8, 4) is 0 Å². The standard InChI is InChI=1S/C22H26O4S.C14H12O2S/c1-11-7-8-12(2)21(13(11)3)27-22-15(5)14(4)17(9-19(23)24)18(16(22)6)10-20(25)26;15-14(16)10-11-6-8-13(9-7-11)17-12-4-2-1-3-5-12/h7-8H,9-10H2,1-6H3,(H,23,24)(H,25,26);1-9H,10H2,(H,15,16). The molecule has 0 fully saturated rings. The van der Waals surface area contributed by atoms with Crippen molar-refractivity contribution in [1.82, 2.24) is 0 Å². The Morgan fingerprint density at radius 2 is 1.00 bits per heavy atom. The minimum Gasteiger partial charge on any atom is -0.481 e. The summed E-state index contributed by atoms with van der Waals surface area (Å²) in [5, 5.41) is 27.3. The Morgan fingerprint density at radius 1 is 0.500 bits per heavy atom. The first-order chi connectivity index (χ1) is 20.8. The zero-order valence-electron chi connectivity index (χ0n) is 25.9. The van der Waals surface area contributed by atoms with E-state index in [-0.39, 0.29) is 19.3 Å². The molecule has 0 bridgehead atoms. The van der Waals surface area contributed by atoms with Crippen molar-refractivity contribution in [2.45, 2.75) is 80.4 Å². The topological polar surface area (TPSA) is 112 Å². The van der Waals surface area contributed by atoms with Crippen molar-refractivity contribution in [3.63, 3.8) is 0 Å². The van der Waals surface area contributed by atoms with Gasteiger partial charge in [0, 0.05) is 19.6 Å². The van der Waals surface area contributed by atoms with Crippen LogP contribution in [0.2, 0.25) is 0 Å². The average molecular weight is 631 g/mol. The second-order valence-electron chi connectivity index (χ2n) is 10.7. The lowest BCUT2D eigenvalue weighted by atomic mass is 9.89. The van der Waals surface area contributed by atoms with Crippen LogP contribution in [0, 0.1) is 41.5 Å². The third-order valence-corrected chi connectivity index (χ3v) is 10.2. The Morgan fingerprint density at radius 3 is 1.55 bits per heavy atom. The third kappa shape index (κ3) is 9.24. The number of aryl methyl sites for hydroxylation is 2. The van der Waals surface area contributed by atoms with Crippen LogP contribution in [-0.2, 0) is 33.6 Å². The normalized spacial score (nSPS) is 10.6. The van der Waals surface area contributed by atoms with Crippen molar-refractivity contribution >= 4 is 41.4 Å². The van der Waals surface area contributed by atoms with Crippen molar-refractivity contribution in [2.24, 2.45) is 0 Å². The summed E-state index contributed by atoms with van der Waals surface area (Å²) >= 11 is 3.32. The van der Waals surface area contributed by atoms with Gasteiger partial charge in [-0.2, -0.15) is 0 Å². The van der Waals surface area contributed by atoms with E-state index < -0.39 is 17.9 Å². The average Bonchev–Trinajstić information content (AvgIpc) is 2.97. The molecule has 0 unspecified atom stereocenters. The summed E-state index contributed by atoms with van der Waals surface area (Å²) in [6.07, 6.45) is -0.255. The minimum atomic E-state index is -0.952. The molecule has 8 heteroatoms. The molecule has 0 amide bonds. The number of aliphatic carboxylic acids is 3. The predicted octanol–water partition coefficient (Wildman–Crippen LogP) is 8.41. The summed E-state index contributed by atoms with van der Waals surface area (Å²) in [6.45, 7) is 12.0. The first kappa shape index (κ1) is 34.5. The molecule has 0 aliphatic heterocycles. The van der Waals surface area contributed by atoms with Crippen LogP contribution in [0.5, 0.6) is 0 Å². The Hall–Kier alpha value is -4.01. The smallest absolute Gasteiger partial charge is 0.307 e. The lowest BCUT2D eigenvalue weighted by Gasteiger charge is -2.22. The monoisotopic (exact) mass is 630 g/mol. The summed E-state index contributed by atoms with van der Waals surface area (Å²) in [7, 11) is 0. The van der Waals surface area contributed by atoms with E-state index in [4.69, 9.17) is 5.11 Å². The molecule has 4 aromatic rings. The molecule has 44 heavy (non-hydrogen) atoms. The Bertz CT molecular complexity index is 1660. The largest absolute Gasteiger partial charge is 0.481 e. The minimum absolute atomic E-state index is 0.0796. The number of hydrogen-bond donors (Lipinski definition) is 3. The number of carboxylic acids is 3. The number of carbonyl (C=O) groups is 3. The third-order valence-electron chi connectivity index (χ3n) is 7.50. The van der Waals surface area contributed by atoms with Crippen LogP contribution in [0.25, 0.3) is 0 Å². The van der Waals surface area contributed by atoms with E-state index in [1.807, 2.05) is 63.2 Å². The maximum atomic E-state index is 11.4. The molecule has 0 atom stereocenters. The molecule has 0 aliphatic carbocycles. The van der Waals surface area contributed by atoms with E-state index in [0.717, 1.165) is 32.0 Å². The lowest BCUT2D eigenvalue weighted by Crippen LogP contribution is -2.13. The van der Waals surface area contributed by atoms with Crippen LogP contribution < -0.4 is 0 Å². The van der Waals surface area contributed by atoms with Crippen molar-refractivity contribution < 1.29 is 29.7 Å². The second-order valence-corrected chi connectivity index (χ2v) is 12.9. The fourth-order valence-corrected chi connectivity index (χ4v) is 7.03. The zero-order valence-corrected chi connectivity index (χ0v) is 27.5. The van der Waals surface area contributed by atoms with Gasteiger partial charge >= 0.3 is 17.9 Å². The highest BCUT2D eigenvalue weighted by Crippen LogP contribution is 2.41. The van der Waals surface area contributed by atoms with E-state index in [1.54, 1.807) is 23.5 Å². The Balaban J connectivity index is 0.000000266. The maximum Gasteiger partial charge on any atom is 0.307 e. The molecule has 0 saturated carbocycles. The van der Waals surface area contributed by atoms with Crippen LogP contribution in [0.15, 0.2) is 86.3 Å². The van der Waals surface area contributed by atoms with Gasteiger partial charge in [-0.15, -0.1) is 0 Å². The van der Waals surface area contributed by atoms with Gasteiger partial charge in [-0.3, -0.25) is 14.4 Å². The molecule has 230 valence electrons. The van der Waals surface area contributed by atoms with E-state index in [1.165, 1.54) is 26.5 Å². The summed E-state index contributed by atoms with van der Waals surface area (Å²) in [5.41, 5.74) is 8.42. The SMILES string of the molecule is Cc1ccc(C)c(Sc2c(C)c(C)c(CC(=O)O)c(CC(=O)O)c2C)c1C.O=C(O)Cc1ccc(Sc2ccccc2)cc1. The van der Waals surface area contributed by atoms with Crippen molar-refractivity contribution in [1.29, 1.82) is 0 Å². The van der Waals surface area contributed by atoms with Gasteiger partial charge in [-0.25, -0.2) is 0 Å². The number of benzene rings is 4. The molecular weight excluding hydrogens is 593 g/mol. The Kier molecular flexibility index (Phi) is 12.3. The van der Waals surface area contributed by atoms with Crippen molar-refractivity contribution in [2.75, 3.05) is 0 Å². The van der Waals surface area contributed by atoms with Gasteiger partial charge in [0.2, 0.25) is 0 Å². The molecule has 6 nitrogen and oxygen atoms in total. The molecule has 0 saturated heterocycles. The van der Waals surface area contributed by atoms with Crippen LogP contribution in [0.4, 0.5) is 0 Å². The van der Waals surface area contributed by atoms with Crippen LogP contribution >= 0.6 is 23.5 Å². The highest BCUT2D eigenvalue weighted by molar-refractivity contribution is 7.99. The molecular formula is C36H38O6S2. The van der Waals surface area contributed by atoms with E-state index in [2.05, 4.69) is 45.0 Å². The van der Waals surface area contributed by atoms with Gasteiger partial charge in [-0.1, -0.05) is 66.0 Å². The molecule has 0 heterocycles. The first-order valence-corrected chi connectivity index (χ1v) is 15.7. The van der Waals surface area contributed by atoms with Gasteiger partial charge in [0.15, 0.2) is 0 Å². The second kappa shape index (κ2) is 15.6. The van der Waals surface area contributed by atoms with Gasteiger partial charge in [-0.05, 0) is 116 Å². The predicted molar refractivity (Wildman–Crippen MR) is 176 cm³/mol. The Labute approximate surface area is 267 Å². The molecule has 0 aromatic heterocycles. The van der Waals surface area contributed by atoms with E-state index >= 15 is 0 Å². The van der Waals surface area contributed by atoms with E-state index in [9.17, 15) is 24.6 Å².